The van der Waals surface area contributed by atoms with Gasteiger partial charge in [-0.1, -0.05) is 0 Å². The van der Waals surface area contributed by atoms with Crippen molar-refractivity contribution in [2.45, 2.75) is 50.7 Å². The molecule has 6 heteroatoms. The quantitative estimate of drug-likeness (QED) is 0.917. The van der Waals surface area contributed by atoms with Gasteiger partial charge in [0.05, 0.1) is 11.0 Å². The molecule has 22 heavy (non-hydrogen) atoms. The SMILES string of the molecule is COC1CCN(C(=O)c2cc3c(s2)CCCC3)C(CN)C1.Cl. The number of piperidine rings is 1. The molecule has 2 aliphatic rings. The van der Waals surface area contributed by atoms with E-state index in [0.29, 0.717) is 6.54 Å². The number of fused-ring (bicyclic) bond motifs is 1. The molecular weight excluding hydrogens is 320 g/mol. The molecule has 0 radical (unpaired) electrons. The molecule has 3 rings (SSSR count). The first-order valence-corrected chi connectivity index (χ1v) is 8.70. The van der Waals surface area contributed by atoms with Crippen molar-refractivity contribution >= 4 is 29.7 Å². The van der Waals surface area contributed by atoms with E-state index in [1.54, 1.807) is 18.4 Å². The number of ether oxygens (including phenoxy) is 1. The second kappa shape index (κ2) is 7.77. The van der Waals surface area contributed by atoms with Gasteiger partial charge >= 0.3 is 0 Å². The average molecular weight is 345 g/mol. The predicted octanol–water partition coefficient (Wildman–Crippen LogP) is 2.63. The fourth-order valence-corrected chi connectivity index (χ4v) is 4.67. The topological polar surface area (TPSA) is 55.6 Å². The van der Waals surface area contributed by atoms with E-state index >= 15 is 0 Å². The van der Waals surface area contributed by atoms with Crippen LogP contribution in [-0.2, 0) is 17.6 Å². The number of halogens is 1. The van der Waals surface area contributed by atoms with Crippen LogP contribution in [0.1, 0.15) is 45.8 Å². The zero-order chi connectivity index (χ0) is 14.8. The molecule has 1 aromatic rings. The highest BCUT2D eigenvalue weighted by molar-refractivity contribution is 7.14. The van der Waals surface area contributed by atoms with Gasteiger partial charge in [0.2, 0.25) is 0 Å². The maximum atomic E-state index is 12.8. The third-order valence-electron chi connectivity index (χ3n) is 4.74. The highest BCUT2D eigenvalue weighted by Gasteiger charge is 2.32. The molecule has 1 fully saturated rings. The van der Waals surface area contributed by atoms with Crippen LogP contribution in [0, 0.1) is 0 Å². The van der Waals surface area contributed by atoms with Crippen LogP contribution < -0.4 is 5.73 Å². The lowest BCUT2D eigenvalue weighted by atomic mass is 9.98. The Balaban J connectivity index is 0.00000176. The number of thiophene rings is 1. The van der Waals surface area contributed by atoms with Crippen LogP contribution in [-0.4, -0.2) is 43.2 Å². The van der Waals surface area contributed by atoms with Crippen molar-refractivity contribution in [3.8, 4) is 0 Å². The second-order valence-corrected chi connectivity index (χ2v) is 7.17. The van der Waals surface area contributed by atoms with Crippen molar-refractivity contribution in [3.63, 3.8) is 0 Å². The van der Waals surface area contributed by atoms with Crippen LogP contribution >= 0.6 is 23.7 Å². The van der Waals surface area contributed by atoms with Crippen molar-refractivity contribution in [2.24, 2.45) is 5.73 Å². The number of rotatable bonds is 3. The molecule has 124 valence electrons. The number of amides is 1. The number of carbonyl (C=O) groups excluding carboxylic acids is 1. The van der Waals surface area contributed by atoms with Crippen molar-refractivity contribution in [3.05, 3.63) is 21.4 Å². The minimum Gasteiger partial charge on any atom is -0.381 e. The summed E-state index contributed by atoms with van der Waals surface area (Å²) < 4.78 is 5.43. The molecule has 0 saturated carbocycles. The van der Waals surface area contributed by atoms with Gasteiger partial charge < -0.3 is 15.4 Å². The normalized spacial score (nSPS) is 24.5. The summed E-state index contributed by atoms with van der Waals surface area (Å²) in [5.41, 5.74) is 7.27. The molecule has 1 aliphatic heterocycles. The van der Waals surface area contributed by atoms with E-state index in [0.717, 1.165) is 37.1 Å². The molecule has 0 aromatic carbocycles. The van der Waals surface area contributed by atoms with E-state index in [2.05, 4.69) is 6.07 Å². The third-order valence-corrected chi connectivity index (χ3v) is 5.97. The van der Waals surface area contributed by atoms with Gasteiger partial charge in [0.1, 0.15) is 0 Å². The average Bonchev–Trinajstić information content (AvgIpc) is 2.97. The Kier molecular flexibility index (Phi) is 6.26. The molecule has 2 heterocycles. The largest absolute Gasteiger partial charge is 0.381 e. The molecule has 1 saturated heterocycles. The molecule has 0 bridgehead atoms. The maximum Gasteiger partial charge on any atom is 0.264 e. The molecule has 2 N–H and O–H groups in total. The van der Waals surface area contributed by atoms with Crippen LogP contribution in [0.5, 0.6) is 0 Å². The Morgan fingerprint density at radius 3 is 2.91 bits per heavy atom. The number of aryl methyl sites for hydroxylation is 2. The molecule has 2 atom stereocenters. The van der Waals surface area contributed by atoms with Gasteiger partial charge in [-0.15, -0.1) is 23.7 Å². The Morgan fingerprint density at radius 1 is 1.45 bits per heavy atom. The standard InChI is InChI=1S/C16H24N2O2S.ClH/c1-20-13-6-7-18(12(9-13)10-17)16(19)15-8-11-4-2-3-5-14(11)21-15;/h8,12-13H,2-7,9-10,17H2,1H3;1H. The zero-order valence-electron chi connectivity index (χ0n) is 13.0. The Labute approximate surface area is 142 Å². The van der Waals surface area contributed by atoms with Crippen LogP contribution in [0.3, 0.4) is 0 Å². The molecule has 2 unspecified atom stereocenters. The van der Waals surface area contributed by atoms with Gasteiger partial charge in [-0.05, 0) is 50.2 Å². The number of carbonyl (C=O) groups is 1. The van der Waals surface area contributed by atoms with Gasteiger partial charge in [0.15, 0.2) is 0 Å². The number of hydrogen-bond donors (Lipinski definition) is 1. The van der Waals surface area contributed by atoms with Crippen molar-refractivity contribution in [1.29, 1.82) is 0 Å². The highest BCUT2D eigenvalue weighted by Crippen LogP contribution is 2.31. The summed E-state index contributed by atoms with van der Waals surface area (Å²) in [6.07, 6.45) is 6.77. The lowest BCUT2D eigenvalue weighted by Crippen LogP contribution is -2.51. The first kappa shape index (κ1) is 17.7. The fraction of sp³-hybridized carbons (Fsp3) is 0.688. The van der Waals surface area contributed by atoms with E-state index < -0.39 is 0 Å². The van der Waals surface area contributed by atoms with Gasteiger partial charge in [-0.2, -0.15) is 0 Å². The summed E-state index contributed by atoms with van der Waals surface area (Å²) in [6.45, 7) is 1.26. The van der Waals surface area contributed by atoms with Crippen molar-refractivity contribution in [2.75, 3.05) is 20.2 Å². The van der Waals surface area contributed by atoms with E-state index in [1.807, 2.05) is 4.90 Å². The zero-order valence-corrected chi connectivity index (χ0v) is 14.7. The highest BCUT2D eigenvalue weighted by atomic mass is 35.5. The summed E-state index contributed by atoms with van der Waals surface area (Å²) in [6, 6.07) is 2.23. The van der Waals surface area contributed by atoms with Crippen molar-refractivity contribution < 1.29 is 9.53 Å². The Hall–Kier alpha value is -0.620. The first-order valence-electron chi connectivity index (χ1n) is 7.88. The number of likely N-dealkylation sites (tertiary alicyclic amines) is 1. The molecule has 4 nitrogen and oxygen atoms in total. The molecule has 0 spiro atoms. The van der Waals surface area contributed by atoms with Gasteiger partial charge in [-0.25, -0.2) is 0 Å². The minimum absolute atomic E-state index is 0. The summed E-state index contributed by atoms with van der Waals surface area (Å²) in [5, 5.41) is 0. The van der Waals surface area contributed by atoms with E-state index in [9.17, 15) is 4.79 Å². The van der Waals surface area contributed by atoms with Gasteiger partial charge in [-0.3, -0.25) is 4.79 Å². The first-order chi connectivity index (χ1) is 10.2. The second-order valence-electron chi connectivity index (χ2n) is 6.04. The maximum absolute atomic E-state index is 12.8. The number of nitrogens with zero attached hydrogens (tertiary/aromatic N) is 1. The number of hydrogen-bond acceptors (Lipinski definition) is 4. The van der Waals surface area contributed by atoms with Crippen LogP contribution in [0.2, 0.25) is 0 Å². The molecular formula is C16H25ClN2O2S. The van der Waals surface area contributed by atoms with Gasteiger partial charge in [0.25, 0.3) is 5.91 Å². The van der Waals surface area contributed by atoms with E-state index in [4.69, 9.17) is 10.5 Å². The van der Waals surface area contributed by atoms with Crippen LogP contribution in [0.25, 0.3) is 0 Å². The monoisotopic (exact) mass is 344 g/mol. The van der Waals surface area contributed by atoms with Crippen LogP contribution in [0.4, 0.5) is 0 Å². The molecule has 1 aliphatic carbocycles. The summed E-state index contributed by atoms with van der Waals surface area (Å²) >= 11 is 1.69. The molecule has 1 amide bonds. The smallest absolute Gasteiger partial charge is 0.264 e. The van der Waals surface area contributed by atoms with E-state index in [1.165, 1.54) is 23.3 Å². The Bertz CT molecular complexity index is 497. The van der Waals surface area contributed by atoms with E-state index in [-0.39, 0.29) is 30.5 Å². The number of nitrogens with two attached hydrogens (primary N) is 1. The minimum atomic E-state index is 0. The lowest BCUT2D eigenvalue weighted by Gasteiger charge is -2.38. The van der Waals surface area contributed by atoms with Gasteiger partial charge in [0, 0.05) is 31.1 Å². The summed E-state index contributed by atoms with van der Waals surface area (Å²) in [7, 11) is 1.74. The predicted molar refractivity (Wildman–Crippen MR) is 92.1 cm³/mol. The fourth-order valence-electron chi connectivity index (χ4n) is 3.46. The van der Waals surface area contributed by atoms with Crippen molar-refractivity contribution in [1.82, 2.24) is 4.90 Å². The Morgan fingerprint density at radius 2 is 2.23 bits per heavy atom. The summed E-state index contributed by atoms with van der Waals surface area (Å²) in [5.74, 6) is 0.166. The van der Waals surface area contributed by atoms with Crippen LogP contribution in [0.15, 0.2) is 6.07 Å². The summed E-state index contributed by atoms with van der Waals surface area (Å²) in [4.78, 5) is 17.1. The molecule has 1 aromatic heterocycles. The third kappa shape index (κ3) is 3.48. The lowest BCUT2D eigenvalue weighted by molar-refractivity contribution is 0.0141. The number of methoxy groups -OCH3 is 1.